The summed E-state index contributed by atoms with van der Waals surface area (Å²) in [5, 5.41) is 0. The van der Waals surface area contributed by atoms with Crippen LogP contribution in [0.15, 0.2) is 12.1 Å². The molecule has 0 bridgehead atoms. The van der Waals surface area contributed by atoms with E-state index in [-0.39, 0.29) is 0 Å². The van der Waals surface area contributed by atoms with Gasteiger partial charge in [0, 0.05) is 26.2 Å². The van der Waals surface area contributed by atoms with Crippen LogP contribution in [0.4, 0.5) is 0 Å². The molecule has 0 aliphatic carbocycles. The Bertz CT molecular complexity index is 740. The summed E-state index contributed by atoms with van der Waals surface area (Å²) in [6, 6.07) is 4.66. The highest BCUT2D eigenvalue weighted by atomic mass is 15.4. The monoisotopic (exact) mass is 364 g/mol. The Balaban J connectivity index is 1.74. The highest BCUT2D eigenvalue weighted by Gasteiger charge is 2.23. The van der Waals surface area contributed by atoms with Crippen molar-refractivity contribution >= 4 is 0 Å². The van der Waals surface area contributed by atoms with Crippen molar-refractivity contribution < 1.29 is 0 Å². The summed E-state index contributed by atoms with van der Waals surface area (Å²) < 4.78 is 0. The molecule has 27 heavy (non-hydrogen) atoms. The quantitative estimate of drug-likeness (QED) is 0.714. The lowest BCUT2D eigenvalue weighted by Crippen LogP contribution is -2.26. The van der Waals surface area contributed by atoms with Crippen molar-refractivity contribution in [3.05, 3.63) is 67.8 Å². The maximum absolute atomic E-state index is 2.61. The van der Waals surface area contributed by atoms with Crippen molar-refractivity contribution in [1.29, 1.82) is 0 Å². The minimum absolute atomic E-state index is 1.07. The van der Waals surface area contributed by atoms with Crippen molar-refractivity contribution in [2.45, 2.75) is 68.5 Å². The molecular formula is C25H36N2. The van der Waals surface area contributed by atoms with E-state index in [1.165, 1.54) is 55.6 Å². The maximum atomic E-state index is 2.61. The zero-order valence-electron chi connectivity index (χ0n) is 18.6. The second-order valence-corrected chi connectivity index (χ2v) is 8.72. The number of hydrogen-bond donors (Lipinski definition) is 0. The van der Waals surface area contributed by atoms with Gasteiger partial charge in [0.2, 0.25) is 0 Å². The Kier molecular flexibility index (Phi) is 5.79. The van der Waals surface area contributed by atoms with Gasteiger partial charge in [0.15, 0.2) is 0 Å². The van der Waals surface area contributed by atoms with Gasteiger partial charge in [0.05, 0.1) is 6.67 Å². The molecule has 1 fully saturated rings. The van der Waals surface area contributed by atoms with Gasteiger partial charge < -0.3 is 0 Å². The molecule has 0 unspecified atom stereocenters. The predicted octanol–water partition coefficient (Wildman–Crippen LogP) is 5.43. The number of benzene rings is 2. The Morgan fingerprint density at radius 3 is 1.15 bits per heavy atom. The van der Waals surface area contributed by atoms with Gasteiger partial charge in [0.1, 0.15) is 0 Å². The fourth-order valence-corrected chi connectivity index (χ4v) is 4.48. The largest absolute Gasteiger partial charge is 0.285 e. The molecule has 1 heterocycles. The van der Waals surface area contributed by atoms with Crippen LogP contribution in [0.1, 0.15) is 55.6 Å². The first kappa shape index (κ1) is 20.1. The van der Waals surface area contributed by atoms with E-state index in [0.29, 0.717) is 0 Å². The Morgan fingerprint density at radius 2 is 0.852 bits per heavy atom. The minimum Gasteiger partial charge on any atom is -0.285 e. The van der Waals surface area contributed by atoms with Crippen LogP contribution in [0, 0.1) is 55.4 Å². The summed E-state index contributed by atoms with van der Waals surface area (Å²) in [7, 11) is 0. The first-order valence-electron chi connectivity index (χ1n) is 10.3. The molecule has 2 heteroatoms. The number of hydrogen-bond acceptors (Lipinski definition) is 2. The van der Waals surface area contributed by atoms with Crippen LogP contribution in [0.25, 0.3) is 0 Å². The number of aryl methyl sites for hydroxylation is 4. The highest BCUT2D eigenvalue weighted by Crippen LogP contribution is 2.26. The summed E-state index contributed by atoms with van der Waals surface area (Å²) in [4.78, 5) is 5.23. The van der Waals surface area contributed by atoms with Crippen LogP contribution in [0.5, 0.6) is 0 Å². The molecule has 1 saturated heterocycles. The zero-order chi connectivity index (χ0) is 19.9. The predicted molar refractivity (Wildman–Crippen MR) is 116 cm³/mol. The highest BCUT2D eigenvalue weighted by molar-refractivity contribution is 5.45. The van der Waals surface area contributed by atoms with Crippen molar-refractivity contribution in [3.63, 3.8) is 0 Å². The minimum atomic E-state index is 1.07. The lowest BCUT2D eigenvalue weighted by molar-refractivity contribution is 0.234. The van der Waals surface area contributed by atoms with Crippen LogP contribution in [-0.4, -0.2) is 29.6 Å². The van der Waals surface area contributed by atoms with Crippen LogP contribution < -0.4 is 0 Å². The van der Waals surface area contributed by atoms with E-state index in [0.717, 1.165) is 32.8 Å². The van der Waals surface area contributed by atoms with Gasteiger partial charge in [-0.25, -0.2) is 0 Å². The summed E-state index contributed by atoms with van der Waals surface area (Å²) in [6.45, 7) is 23.6. The van der Waals surface area contributed by atoms with Gasteiger partial charge in [-0.2, -0.15) is 0 Å². The van der Waals surface area contributed by atoms with Crippen LogP contribution >= 0.6 is 0 Å². The van der Waals surface area contributed by atoms with E-state index >= 15 is 0 Å². The Hall–Kier alpha value is -1.64. The third-order valence-electron chi connectivity index (χ3n) is 6.94. The van der Waals surface area contributed by atoms with Gasteiger partial charge in [0.25, 0.3) is 0 Å². The smallest absolute Gasteiger partial charge is 0.0513 e. The molecule has 0 aromatic heterocycles. The maximum Gasteiger partial charge on any atom is 0.0513 e. The summed E-state index contributed by atoms with van der Waals surface area (Å²) in [5.74, 6) is 0. The van der Waals surface area contributed by atoms with Crippen molar-refractivity contribution in [2.24, 2.45) is 0 Å². The second-order valence-electron chi connectivity index (χ2n) is 8.72. The fraction of sp³-hybridized carbons (Fsp3) is 0.520. The third kappa shape index (κ3) is 3.97. The molecule has 0 saturated carbocycles. The van der Waals surface area contributed by atoms with Gasteiger partial charge in [-0.1, -0.05) is 12.1 Å². The van der Waals surface area contributed by atoms with E-state index in [4.69, 9.17) is 0 Å². The second kappa shape index (κ2) is 7.77. The van der Waals surface area contributed by atoms with Crippen LogP contribution in [0.2, 0.25) is 0 Å². The van der Waals surface area contributed by atoms with Crippen molar-refractivity contribution in [2.75, 3.05) is 19.8 Å². The molecule has 0 N–H and O–H groups in total. The molecular weight excluding hydrogens is 328 g/mol. The number of rotatable bonds is 4. The summed E-state index contributed by atoms with van der Waals surface area (Å²) in [6.07, 6.45) is 0. The lowest BCUT2D eigenvalue weighted by Gasteiger charge is -2.23. The Labute approximate surface area is 166 Å². The zero-order valence-corrected chi connectivity index (χ0v) is 18.6. The lowest BCUT2D eigenvalue weighted by atomic mass is 9.94. The first-order chi connectivity index (χ1) is 12.7. The van der Waals surface area contributed by atoms with Crippen molar-refractivity contribution in [3.8, 4) is 0 Å². The van der Waals surface area contributed by atoms with Crippen molar-refractivity contribution in [1.82, 2.24) is 9.80 Å². The average Bonchev–Trinajstić information content (AvgIpc) is 3.06. The van der Waals surface area contributed by atoms with Gasteiger partial charge in [-0.15, -0.1) is 0 Å². The molecule has 146 valence electrons. The molecule has 2 aromatic rings. The molecule has 1 aliphatic rings. The first-order valence-corrected chi connectivity index (χ1v) is 10.3. The topological polar surface area (TPSA) is 6.48 Å². The average molecular weight is 365 g/mol. The molecule has 3 rings (SSSR count). The van der Waals surface area contributed by atoms with E-state index in [2.05, 4.69) is 77.3 Å². The molecule has 0 spiro atoms. The van der Waals surface area contributed by atoms with E-state index in [1.807, 2.05) is 0 Å². The molecule has 1 aliphatic heterocycles. The normalized spacial score (nSPS) is 15.7. The SMILES string of the molecule is Cc1cc(C)c(C)c(CN2CCN(Cc3c(C)c(C)cc(C)c3C)C2)c1C. The number of nitrogens with zero attached hydrogens (tertiary/aromatic N) is 2. The molecule has 2 aromatic carbocycles. The summed E-state index contributed by atoms with van der Waals surface area (Å²) >= 11 is 0. The van der Waals surface area contributed by atoms with E-state index in [1.54, 1.807) is 0 Å². The van der Waals surface area contributed by atoms with Crippen LogP contribution in [0.3, 0.4) is 0 Å². The fourth-order valence-electron chi connectivity index (χ4n) is 4.48. The molecule has 0 amide bonds. The standard InChI is InChI=1S/C25H36N2/c1-16-11-17(2)21(6)24(20(16)5)13-26-9-10-27(15-26)14-25-22(7)18(3)12-19(4)23(25)8/h11-12H,9-10,13-15H2,1-8H3. The molecule has 0 radical (unpaired) electrons. The van der Waals surface area contributed by atoms with Gasteiger partial charge >= 0.3 is 0 Å². The Morgan fingerprint density at radius 1 is 0.556 bits per heavy atom. The summed E-state index contributed by atoms with van der Waals surface area (Å²) in [5.41, 5.74) is 14.6. The van der Waals surface area contributed by atoms with E-state index < -0.39 is 0 Å². The van der Waals surface area contributed by atoms with Crippen LogP contribution in [-0.2, 0) is 13.1 Å². The van der Waals surface area contributed by atoms with Gasteiger partial charge in [-0.05, 0) is 111 Å². The van der Waals surface area contributed by atoms with Gasteiger partial charge in [-0.3, -0.25) is 9.80 Å². The van der Waals surface area contributed by atoms with E-state index in [9.17, 15) is 0 Å². The third-order valence-corrected chi connectivity index (χ3v) is 6.94. The molecule has 0 atom stereocenters. The molecule has 2 nitrogen and oxygen atoms in total.